The van der Waals surface area contributed by atoms with Gasteiger partial charge in [-0.1, -0.05) is 30.3 Å². The van der Waals surface area contributed by atoms with Crippen LogP contribution in [-0.2, 0) is 17.9 Å². The van der Waals surface area contributed by atoms with Gasteiger partial charge in [0.2, 0.25) is 0 Å². The third-order valence-corrected chi connectivity index (χ3v) is 5.97. The van der Waals surface area contributed by atoms with Gasteiger partial charge in [0.1, 0.15) is 11.5 Å². The molecule has 0 amide bonds. The van der Waals surface area contributed by atoms with Gasteiger partial charge < -0.3 is 14.2 Å². The normalized spacial score (nSPS) is 15.6. The summed E-state index contributed by atoms with van der Waals surface area (Å²) in [4.78, 5) is 2.51. The van der Waals surface area contributed by atoms with Gasteiger partial charge in [0.25, 0.3) is 0 Å². The first-order valence-corrected chi connectivity index (χ1v) is 10.1. The lowest BCUT2D eigenvalue weighted by atomic mass is 9.97. The summed E-state index contributed by atoms with van der Waals surface area (Å²) >= 11 is 0. The second-order valence-corrected chi connectivity index (χ2v) is 7.69. The molecule has 2 aromatic carbocycles. The molecule has 4 nitrogen and oxygen atoms in total. The van der Waals surface area contributed by atoms with Crippen LogP contribution in [0.25, 0.3) is 0 Å². The Bertz CT molecular complexity index is 780. The molecule has 3 rings (SSSR count). The minimum Gasteiger partial charge on any atom is -0.496 e. The van der Waals surface area contributed by atoms with Crippen LogP contribution in [0.5, 0.6) is 11.5 Å². The number of methoxy groups -OCH3 is 2. The summed E-state index contributed by atoms with van der Waals surface area (Å²) in [6.07, 6.45) is 2.43. The fraction of sp³-hybridized carbons (Fsp3) is 0.500. The van der Waals surface area contributed by atoms with E-state index in [2.05, 4.69) is 56.0 Å². The third kappa shape index (κ3) is 4.50. The number of hydrogen-bond donors (Lipinski definition) is 0. The summed E-state index contributed by atoms with van der Waals surface area (Å²) in [6, 6.07) is 10.7. The fourth-order valence-electron chi connectivity index (χ4n) is 4.19. The summed E-state index contributed by atoms with van der Waals surface area (Å²) < 4.78 is 17.7. The van der Waals surface area contributed by atoms with Crippen molar-refractivity contribution >= 4 is 0 Å². The molecule has 152 valence electrons. The number of benzene rings is 2. The predicted octanol–water partition coefficient (Wildman–Crippen LogP) is 4.81. The van der Waals surface area contributed by atoms with Gasteiger partial charge in [0.15, 0.2) is 0 Å². The van der Waals surface area contributed by atoms with Crippen molar-refractivity contribution in [3.63, 3.8) is 0 Å². The van der Waals surface area contributed by atoms with Crippen molar-refractivity contribution in [3.05, 3.63) is 58.1 Å². The maximum absolute atomic E-state index is 6.32. The second kappa shape index (κ2) is 9.44. The maximum atomic E-state index is 6.32. The summed E-state index contributed by atoms with van der Waals surface area (Å²) in [6.45, 7) is 10.00. The quantitative estimate of drug-likeness (QED) is 0.686. The number of nitrogens with zero attached hydrogens (tertiary/aromatic N) is 1. The highest BCUT2D eigenvalue weighted by Gasteiger charge is 2.23. The Balaban J connectivity index is 1.60. The van der Waals surface area contributed by atoms with Crippen LogP contribution in [0, 0.1) is 20.8 Å². The molecule has 0 saturated carbocycles. The molecule has 1 aliphatic rings. The van der Waals surface area contributed by atoms with Crippen LogP contribution in [0.3, 0.4) is 0 Å². The fourth-order valence-corrected chi connectivity index (χ4v) is 4.19. The SMILES string of the molecule is COc1c(C)c(C)c(OC)c(COC2CCN(Cc3ccccc3)CC2)c1C. The lowest BCUT2D eigenvalue weighted by Gasteiger charge is -2.32. The highest BCUT2D eigenvalue weighted by Crippen LogP contribution is 2.38. The van der Waals surface area contributed by atoms with Gasteiger partial charge in [-0.15, -0.1) is 0 Å². The molecule has 1 heterocycles. The van der Waals surface area contributed by atoms with Crippen LogP contribution in [0.15, 0.2) is 30.3 Å². The van der Waals surface area contributed by atoms with Crippen LogP contribution in [0.1, 0.15) is 40.7 Å². The summed E-state index contributed by atoms with van der Waals surface area (Å²) in [5.41, 5.74) is 5.86. The molecule has 0 N–H and O–H groups in total. The van der Waals surface area contributed by atoms with E-state index in [0.29, 0.717) is 12.7 Å². The van der Waals surface area contributed by atoms with Crippen molar-refractivity contribution < 1.29 is 14.2 Å². The lowest BCUT2D eigenvalue weighted by molar-refractivity contribution is -0.00484. The Kier molecular flexibility index (Phi) is 6.97. The Labute approximate surface area is 169 Å². The van der Waals surface area contributed by atoms with Crippen molar-refractivity contribution in [3.8, 4) is 11.5 Å². The molecule has 0 aromatic heterocycles. The van der Waals surface area contributed by atoms with E-state index in [4.69, 9.17) is 14.2 Å². The van der Waals surface area contributed by atoms with Gasteiger partial charge in [-0.05, 0) is 50.3 Å². The van der Waals surface area contributed by atoms with Gasteiger partial charge >= 0.3 is 0 Å². The van der Waals surface area contributed by atoms with E-state index >= 15 is 0 Å². The molecule has 4 heteroatoms. The van der Waals surface area contributed by atoms with E-state index in [1.165, 1.54) is 5.56 Å². The zero-order valence-electron chi connectivity index (χ0n) is 17.9. The first kappa shape index (κ1) is 20.7. The summed E-state index contributed by atoms with van der Waals surface area (Å²) in [5.74, 6) is 1.87. The molecule has 0 aliphatic carbocycles. The molecule has 1 aliphatic heterocycles. The van der Waals surface area contributed by atoms with Crippen LogP contribution in [0.4, 0.5) is 0 Å². The van der Waals surface area contributed by atoms with Crippen LogP contribution < -0.4 is 9.47 Å². The molecule has 1 fully saturated rings. The van der Waals surface area contributed by atoms with Gasteiger partial charge in [0.05, 0.1) is 26.9 Å². The molecule has 2 aromatic rings. The number of ether oxygens (including phenoxy) is 3. The lowest BCUT2D eigenvalue weighted by Crippen LogP contribution is -2.36. The Morgan fingerprint density at radius 3 is 2.07 bits per heavy atom. The van der Waals surface area contributed by atoms with Gasteiger partial charge in [0, 0.05) is 30.8 Å². The highest BCUT2D eigenvalue weighted by molar-refractivity contribution is 5.57. The van der Waals surface area contributed by atoms with E-state index in [1.54, 1.807) is 14.2 Å². The van der Waals surface area contributed by atoms with E-state index in [-0.39, 0.29) is 0 Å². The third-order valence-electron chi connectivity index (χ3n) is 5.97. The van der Waals surface area contributed by atoms with Crippen LogP contribution >= 0.6 is 0 Å². The first-order chi connectivity index (χ1) is 13.5. The molecule has 1 saturated heterocycles. The average molecular weight is 384 g/mol. The molecule has 0 unspecified atom stereocenters. The topological polar surface area (TPSA) is 30.9 Å². The molecule has 0 radical (unpaired) electrons. The van der Waals surface area contributed by atoms with E-state index in [0.717, 1.165) is 66.2 Å². The minimum atomic E-state index is 0.295. The van der Waals surface area contributed by atoms with Crippen molar-refractivity contribution in [1.29, 1.82) is 0 Å². The van der Waals surface area contributed by atoms with Crippen molar-refractivity contribution in [1.82, 2.24) is 4.90 Å². The monoisotopic (exact) mass is 383 g/mol. The Morgan fingerprint density at radius 2 is 1.46 bits per heavy atom. The summed E-state index contributed by atoms with van der Waals surface area (Å²) in [5, 5.41) is 0. The number of rotatable bonds is 7. The zero-order valence-corrected chi connectivity index (χ0v) is 17.9. The van der Waals surface area contributed by atoms with E-state index in [9.17, 15) is 0 Å². The molecule has 0 spiro atoms. The molecular weight excluding hydrogens is 350 g/mol. The first-order valence-electron chi connectivity index (χ1n) is 10.1. The number of likely N-dealkylation sites (tertiary alicyclic amines) is 1. The molecular formula is C24H33NO3. The molecule has 0 bridgehead atoms. The van der Waals surface area contributed by atoms with Crippen molar-refractivity contribution in [2.24, 2.45) is 0 Å². The largest absolute Gasteiger partial charge is 0.496 e. The van der Waals surface area contributed by atoms with Gasteiger partial charge in [-0.3, -0.25) is 4.90 Å². The second-order valence-electron chi connectivity index (χ2n) is 7.69. The number of piperidine rings is 1. The van der Waals surface area contributed by atoms with E-state index < -0.39 is 0 Å². The standard InChI is InChI=1S/C24H33NO3/c1-17-18(2)24(27-5)22(19(3)23(17)26-4)16-28-21-11-13-25(14-12-21)15-20-9-7-6-8-10-20/h6-10,21H,11-16H2,1-5H3. The number of hydrogen-bond acceptors (Lipinski definition) is 4. The molecule has 0 atom stereocenters. The van der Waals surface area contributed by atoms with Gasteiger partial charge in [-0.25, -0.2) is 0 Å². The minimum absolute atomic E-state index is 0.295. The van der Waals surface area contributed by atoms with Crippen LogP contribution in [-0.4, -0.2) is 38.3 Å². The Morgan fingerprint density at radius 1 is 0.857 bits per heavy atom. The molecule has 28 heavy (non-hydrogen) atoms. The van der Waals surface area contributed by atoms with Crippen LogP contribution in [0.2, 0.25) is 0 Å². The van der Waals surface area contributed by atoms with Gasteiger partial charge in [-0.2, -0.15) is 0 Å². The van der Waals surface area contributed by atoms with E-state index in [1.807, 2.05) is 0 Å². The zero-order chi connectivity index (χ0) is 20.1. The van der Waals surface area contributed by atoms with Crippen molar-refractivity contribution in [2.45, 2.75) is 52.9 Å². The maximum Gasteiger partial charge on any atom is 0.128 e. The smallest absolute Gasteiger partial charge is 0.128 e. The average Bonchev–Trinajstić information content (AvgIpc) is 2.72. The Hall–Kier alpha value is -2.04. The van der Waals surface area contributed by atoms with Crippen molar-refractivity contribution in [2.75, 3.05) is 27.3 Å². The summed E-state index contributed by atoms with van der Waals surface area (Å²) in [7, 11) is 3.47. The highest BCUT2D eigenvalue weighted by atomic mass is 16.5. The predicted molar refractivity (Wildman–Crippen MR) is 113 cm³/mol.